The average Bonchev–Trinajstić information content (AvgIpc) is 2.56. The van der Waals surface area contributed by atoms with Crippen molar-refractivity contribution in [3.05, 3.63) is 35.7 Å². The monoisotopic (exact) mass is 195 g/mol. The summed E-state index contributed by atoms with van der Waals surface area (Å²) in [5.74, 6) is 0.360. The molecule has 0 bridgehead atoms. The third kappa shape index (κ3) is 1.65. The van der Waals surface area contributed by atoms with Crippen LogP contribution in [0.5, 0.6) is 0 Å². The van der Waals surface area contributed by atoms with E-state index in [1.54, 1.807) is 6.20 Å². The van der Waals surface area contributed by atoms with Gasteiger partial charge < -0.3 is 0 Å². The molecule has 1 heterocycles. The standard InChI is InChI=1S/C9H10ClN3/c1-7-6-8(10)2-3-9(7)13-5-4-11-12-13/h2-7,9H,1H3. The molecule has 13 heavy (non-hydrogen) atoms. The van der Waals surface area contributed by atoms with Gasteiger partial charge in [0.15, 0.2) is 0 Å². The number of halogens is 1. The summed E-state index contributed by atoms with van der Waals surface area (Å²) in [5.41, 5.74) is 0. The van der Waals surface area contributed by atoms with Crippen LogP contribution < -0.4 is 0 Å². The highest BCUT2D eigenvalue weighted by Crippen LogP contribution is 2.27. The lowest BCUT2D eigenvalue weighted by atomic mass is 9.97. The number of rotatable bonds is 1. The first-order valence-corrected chi connectivity index (χ1v) is 4.56. The first-order chi connectivity index (χ1) is 6.27. The lowest BCUT2D eigenvalue weighted by Crippen LogP contribution is -2.16. The molecular weight excluding hydrogens is 186 g/mol. The minimum atomic E-state index is 0.241. The van der Waals surface area contributed by atoms with Crippen molar-refractivity contribution in [2.45, 2.75) is 13.0 Å². The van der Waals surface area contributed by atoms with E-state index < -0.39 is 0 Å². The fourth-order valence-corrected chi connectivity index (χ4v) is 1.75. The summed E-state index contributed by atoms with van der Waals surface area (Å²) in [7, 11) is 0. The fraction of sp³-hybridized carbons (Fsp3) is 0.333. The van der Waals surface area contributed by atoms with Crippen molar-refractivity contribution in [1.29, 1.82) is 0 Å². The van der Waals surface area contributed by atoms with Gasteiger partial charge in [0.25, 0.3) is 0 Å². The molecule has 2 atom stereocenters. The summed E-state index contributed by atoms with van der Waals surface area (Å²) in [6.45, 7) is 2.11. The Bertz CT molecular complexity index is 340. The van der Waals surface area contributed by atoms with Crippen LogP contribution >= 0.6 is 11.6 Å². The number of hydrogen-bond acceptors (Lipinski definition) is 2. The van der Waals surface area contributed by atoms with Crippen LogP contribution in [0.2, 0.25) is 0 Å². The zero-order chi connectivity index (χ0) is 9.26. The summed E-state index contributed by atoms with van der Waals surface area (Å²) in [5, 5.41) is 8.53. The van der Waals surface area contributed by atoms with Gasteiger partial charge in [0.05, 0.1) is 12.2 Å². The Kier molecular flexibility index (Phi) is 2.19. The molecule has 3 nitrogen and oxygen atoms in total. The van der Waals surface area contributed by atoms with Crippen LogP contribution in [0.15, 0.2) is 35.7 Å². The van der Waals surface area contributed by atoms with E-state index in [0.717, 1.165) is 5.03 Å². The van der Waals surface area contributed by atoms with E-state index in [1.807, 2.05) is 29.1 Å². The van der Waals surface area contributed by atoms with Gasteiger partial charge in [-0.15, -0.1) is 5.10 Å². The van der Waals surface area contributed by atoms with E-state index in [1.165, 1.54) is 0 Å². The van der Waals surface area contributed by atoms with Gasteiger partial charge in [-0.2, -0.15) is 0 Å². The molecule has 0 amide bonds. The van der Waals surface area contributed by atoms with Crippen LogP contribution in [0.25, 0.3) is 0 Å². The molecule has 0 saturated carbocycles. The number of aromatic nitrogens is 3. The molecule has 2 unspecified atom stereocenters. The topological polar surface area (TPSA) is 30.7 Å². The summed E-state index contributed by atoms with van der Waals surface area (Å²) in [6, 6.07) is 0.241. The Labute approximate surface area is 81.7 Å². The molecule has 0 spiro atoms. The molecule has 4 heteroatoms. The van der Waals surface area contributed by atoms with Crippen LogP contribution in [-0.2, 0) is 0 Å². The van der Waals surface area contributed by atoms with Crippen LogP contribution in [0, 0.1) is 5.92 Å². The van der Waals surface area contributed by atoms with E-state index in [9.17, 15) is 0 Å². The van der Waals surface area contributed by atoms with Crippen LogP contribution in [0.1, 0.15) is 13.0 Å². The van der Waals surface area contributed by atoms with Gasteiger partial charge in [0.1, 0.15) is 0 Å². The van der Waals surface area contributed by atoms with E-state index in [0.29, 0.717) is 5.92 Å². The molecule has 68 valence electrons. The predicted octanol–water partition coefficient (Wildman–Crippen LogP) is 2.15. The van der Waals surface area contributed by atoms with Gasteiger partial charge in [-0.05, 0) is 6.08 Å². The highest BCUT2D eigenvalue weighted by Gasteiger charge is 2.18. The highest BCUT2D eigenvalue weighted by molar-refractivity contribution is 6.31. The Morgan fingerprint density at radius 2 is 2.38 bits per heavy atom. The van der Waals surface area contributed by atoms with Gasteiger partial charge in [-0.3, -0.25) is 0 Å². The van der Waals surface area contributed by atoms with E-state index in [-0.39, 0.29) is 6.04 Å². The number of hydrogen-bond donors (Lipinski definition) is 0. The molecule has 0 N–H and O–H groups in total. The van der Waals surface area contributed by atoms with E-state index in [4.69, 9.17) is 11.6 Å². The van der Waals surface area contributed by atoms with E-state index >= 15 is 0 Å². The minimum Gasteiger partial charge on any atom is -0.245 e. The van der Waals surface area contributed by atoms with Crippen molar-refractivity contribution in [3.63, 3.8) is 0 Å². The van der Waals surface area contributed by atoms with Crippen molar-refractivity contribution >= 4 is 11.6 Å². The maximum atomic E-state index is 5.87. The molecular formula is C9H10ClN3. The molecule has 0 fully saturated rings. The summed E-state index contributed by atoms with van der Waals surface area (Å²) < 4.78 is 1.83. The Balaban J connectivity index is 2.24. The third-order valence-electron chi connectivity index (χ3n) is 2.16. The van der Waals surface area contributed by atoms with Crippen LogP contribution in [0.3, 0.4) is 0 Å². The Morgan fingerprint density at radius 1 is 1.54 bits per heavy atom. The number of allylic oxidation sites excluding steroid dienone is 4. The molecule has 1 aromatic heterocycles. The van der Waals surface area contributed by atoms with Gasteiger partial charge in [-0.1, -0.05) is 35.9 Å². The van der Waals surface area contributed by atoms with Crippen molar-refractivity contribution in [2.75, 3.05) is 0 Å². The SMILES string of the molecule is CC1C=C(Cl)C=CC1n1ccnn1. The summed E-state index contributed by atoms with van der Waals surface area (Å²) in [6.07, 6.45) is 9.50. The van der Waals surface area contributed by atoms with E-state index in [2.05, 4.69) is 17.2 Å². The first kappa shape index (κ1) is 8.51. The smallest absolute Gasteiger partial charge is 0.0781 e. The molecule has 0 aromatic carbocycles. The van der Waals surface area contributed by atoms with Gasteiger partial charge >= 0.3 is 0 Å². The summed E-state index contributed by atoms with van der Waals surface area (Å²) in [4.78, 5) is 0. The van der Waals surface area contributed by atoms with Crippen LogP contribution in [-0.4, -0.2) is 15.0 Å². The zero-order valence-corrected chi connectivity index (χ0v) is 8.02. The minimum absolute atomic E-state index is 0.241. The first-order valence-electron chi connectivity index (χ1n) is 4.18. The lowest BCUT2D eigenvalue weighted by Gasteiger charge is -2.20. The largest absolute Gasteiger partial charge is 0.245 e. The van der Waals surface area contributed by atoms with Gasteiger partial charge in [0, 0.05) is 17.1 Å². The van der Waals surface area contributed by atoms with Gasteiger partial charge in [0.2, 0.25) is 0 Å². The fourth-order valence-electron chi connectivity index (χ4n) is 1.48. The van der Waals surface area contributed by atoms with Crippen LogP contribution in [0.4, 0.5) is 0 Å². The second-order valence-electron chi connectivity index (χ2n) is 3.14. The predicted molar refractivity (Wildman–Crippen MR) is 51.3 cm³/mol. The second-order valence-corrected chi connectivity index (χ2v) is 3.58. The molecule has 0 saturated heterocycles. The molecule has 1 aliphatic rings. The maximum Gasteiger partial charge on any atom is 0.0781 e. The lowest BCUT2D eigenvalue weighted by molar-refractivity contribution is 0.432. The maximum absolute atomic E-state index is 5.87. The zero-order valence-electron chi connectivity index (χ0n) is 7.26. The summed E-state index contributed by atoms with van der Waals surface area (Å²) >= 11 is 5.87. The highest BCUT2D eigenvalue weighted by atomic mass is 35.5. The molecule has 0 aliphatic heterocycles. The van der Waals surface area contributed by atoms with Crippen molar-refractivity contribution < 1.29 is 0 Å². The Hall–Kier alpha value is -1.09. The quantitative estimate of drug-likeness (QED) is 0.688. The molecule has 0 radical (unpaired) electrons. The Morgan fingerprint density at radius 3 is 3.00 bits per heavy atom. The third-order valence-corrected chi connectivity index (χ3v) is 2.41. The van der Waals surface area contributed by atoms with Gasteiger partial charge in [-0.25, -0.2) is 4.68 Å². The molecule has 1 aromatic rings. The second kappa shape index (κ2) is 3.34. The van der Waals surface area contributed by atoms with Crippen molar-refractivity contribution in [1.82, 2.24) is 15.0 Å². The van der Waals surface area contributed by atoms with Crippen molar-refractivity contribution in [2.24, 2.45) is 5.92 Å². The average molecular weight is 196 g/mol. The molecule has 2 rings (SSSR count). The molecule has 1 aliphatic carbocycles. The number of nitrogens with zero attached hydrogens (tertiary/aromatic N) is 3. The van der Waals surface area contributed by atoms with Crippen molar-refractivity contribution in [3.8, 4) is 0 Å². The normalized spacial score (nSPS) is 27.4.